The van der Waals surface area contributed by atoms with Crippen LogP contribution in [0.5, 0.6) is 0 Å². The first-order chi connectivity index (χ1) is 8.31. The van der Waals surface area contributed by atoms with E-state index in [4.69, 9.17) is 0 Å². The minimum Gasteiger partial charge on any atom is -0.342 e. The van der Waals surface area contributed by atoms with Crippen LogP contribution < -0.4 is 5.32 Å². The van der Waals surface area contributed by atoms with Crippen molar-refractivity contribution in [1.82, 2.24) is 10.2 Å². The van der Waals surface area contributed by atoms with Crippen molar-refractivity contribution in [1.29, 1.82) is 0 Å². The summed E-state index contributed by atoms with van der Waals surface area (Å²) in [5.74, 6) is -0.00387. The minimum absolute atomic E-state index is 0.00387. The molecule has 0 spiro atoms. The monoisotopic (exact) mass is 268 g/mol. The van der Waals surface area contributed by atoms with Crippen LogP contribution in [0.25, 0.3) is 0 Å². The molecule has 0 heterocycles. The Kier molecular flexibility index (Phi) is 7.98. The molecule has 6 heteroatoms. The lowest BCUT2D eigenvalue weighted by atomic mass is 10.2. The highest BCUT2D eigenvalue weighted by molar-refractivity contribution is 5.81. The fraction of sp³-hybridized carbons (Fsp3) is 0.917. The Morgan fingerprint density at radius 3 is 2.22 bits per heavy atom. The van der Waals surface area contributed by atoms with Crippen molar-refractivity contribution in [3.8, 4) is 0 Å². The van der Waals surface area contributed by atoms with Crippen LogP contribution in [-0.4, -0.2) is 42.7 Å². The highest BCUT2D eigenvalue weighted by atomic mass is 19.4. The van der Waals surface area contributed by atoms with Crippen LogP contribution in [0.15, 0.2) is 0 Å². The summed E-state index contributed by atoms with van der Waals surface area (Å²) in [6.45, 7) is 7.27. The molecule has 1 atom stereocenters. The number of likely N-dealkylation sites (N-methyl/N-ethyl adjacent to an activating group) is 1. The van der Waals surface area contributed by atoms with Gasteiger partial charge in [0.2, 0.25) is 5.91 Å². The molecule has 1 unspecified atom stereocenters. The smallest absolute Gasteiger partial charge is 0.342 e. The van der Waals surface area contributed by atoms with Gasteiger partial charge in [-0.25, -0.2) is 0 Å². The van der Waals surface area contributed by atoms with Gasteiger partial charge in [-0.05, 0) is 40.2 Å². The van der Waals surface area contributed by atoms with Crippen molar-refractivity contribution in [3.63, 3.8) is 0 Å². The van der Waals surface area contributed by atoms with Crippen molar-refractivity contribution in [2.75, 3.05) is 19.6 Å². The molecular weight excluding hydrogens is 245 g/mol. The van der Waals surface area contributed by atoms with Crippen molar-refractivity contribution in [2.24, 2.45) is 0 Å². The lowest BCUT2D eigenvalue weighted by Gasteiger charge is -2.23. The summed E-state index contributed by atoms with van der Waals surface area (Å²) in [5, 5.41) is 2.96. The molecule has 0 rings (SSSR count). The van der Waals surface area contributed by atoms with E-state index in [-0.39, 0.29) is 18.4 Å². The molecule has 108 valence electrons. The number of nitrogens with zero attached hydrogens (tertiary/aromatic N) is 1. The van der Waals surface area contributed by atoms with E-state index in [1.807, 2.05) is 13.8 Å². The first kappa shape index (κ1) is 17.2. The lowest BCUT2D eigenvalue weighted by molar-refractivity contribution is -0.136. The minimum atomic E-state index is -4.08. The summed E-state index contributed by atoms with van der Waals surface area (Å²) < 4.78 is 35.7. The second kappa shape index (κ2) is 8.34. The van der Waals surface area contributed by atoms with Gasteiger partial charge < -0.3 is 10.2 Å². The molecule has 0 fully saturated rings. The number of amides is 1. The standard InChI is InChI=1S/C12H23F3N2O/c1-4-17(5-2)11(18)10(3)16-9-7-6-8-12(13,14)15/h10,16H,4-9H2,1-3H3. The zero-order chi connectivity index (χ0) is 14.2. The fourth-order valence-corrected chi connectivity index (χ4v) is 1.67. The van der Waals surface area contributed by atoms with Crippen molar-refractivity contribution < 1.29 is 18.0 Å². The molecule has 0 radical (unpaired) electrons. The SMILES string of the molecule is CCN(CC)C(=O)C(C)NCCCCC(F)(F)F. The molecule has 0 aliphatic heterocycles. The van der Waals surface area contributed by atoms with Crippen molar-refractivity contribution in [2.45, 2.75) is 52.3 Å². The molecule has 1 N–H and O–H groups in total. The summed E-state index contributed by atoms with van der Waals surface area (Å²) in [6.07, 6.45) is -4.31. The van der Waals surface area contributed by atoms with Crippen LogP contribution in [0.4, 0.5) is 13.2 Å². The number of carbonyl (C=O) groups excluding carboxylic acids is 1. The normalized spacial score (nSPS) is 13.4. The Hall–Kier alpha value is -0.780. The highest BCUT2D eigenvalue weighted by Crippen LogP contribution is 2.21. The van der Waals surface area contributed by atoms with E-state index in [9.17, 15) is 18.0 Å². The Labute approximate surface area is 107 Å². The van der Waals surface area contributed by atoms with Gasteiger partial charge in [0.1, 0.15) is 0 Å². The van der Waals surface area contributed by atoms with Crippen molar-refractivity contribution in [3.05, 3.63) is 0 Å². The van der Waals surface area contributed by atoms with Crippen LogP contribution >= 0.6 is 0 Å². The quantitative estimate of drug-likeness (QED) is 0.686. The van der Waals surface area contributed by atoms with E-state index >= 15 is 0 Å². The van der Waals surface area contributed by atoms with E-state index in [1.54, 1.807) is 11.8 Å². The summed E-state index contributed by atoms with van der Waals surface area (Å²) >= 11 is 0. The van der Waals surface area contributed by atoms with Crippen LogP contribution in [0.2, 0.25) is 0 Å². The maximum absolute atomic E-state index is 11.9. The zero-order valence-corrected chi connectivity index (χ0v) is 11.3. The summed E-state index contributed by atoms with van der Waals surface area (Å²) in [5.41, 5.74) is 0. The van der Waals surface area contributed by atoms with E-state index in [1.165, 1.54) is 0 Å². The predicted octanol–water partition coefficient (Wildman–Crippen LogP) is 2.57. The summed E-state index contributed by atoms with van der Waals surface area (Å²) in [6, 6.07) is -0.337. The third-order valence-electron chi connectivity index (χ3n) is 2.78. The maximum atomic E-state index is 11.9. The molecule has 0 bridgehead atoms. The first-order valence-corrected chi connectivity index (χ1v) is 6.40. The Morgan fingerprint density at radius 1 is 1.22 bits per heavy atom. The second-order valence-corrected chi connectivity index (χ2v) is 4.26. The van der Waals surface area contributed by atoms with Crippen LogP contribution in [0.3, 0.4) is 0 Å². The number of carbonyl (C=O) groups is 1. The van der Waals surface area contributed by atoms with Crippen LogP contribution in [-0.2, 0) is 4.79 Å². The van der Waals surface area contributed by atoms with Gasteiger partial charge in [0.25, 0.3) is 0 Å². The average molecular weight is 268 g/mol. The number of hydrogen-bond donors (Lipinski definition) is 1. The number of unbranched alkanes of at least 4 members (excludes halogenated alkanes) is 1. The van der Waals surface area contributed by atoms with Gasteiger partial charge in [0, 0.05) is 19.5 Å². The topological polar surface area (TPSA) is 32.3 Å². The van der Waals surface area contributed by atoms with Crippen molar-refractivity contribution >= 4 is 5.91 Å². The van der Waals surface area contributed by atoms with Gasteiger partial charge in [-0.1, -0.05) is 0 Å². The molecule has 18 heavy (non-hydrogen) atoms. The van der Waals surface area contributed by atoms with Gasteiger partial charge in [0.05, 0.1) is 6.04 Å². The molecule has 0 saturated heterocycles. The Bertz CT molecular complexity index is 240. The Morgan fingerprint density at radius 2 is 1.78 bits per heavy atom. The molecule has 0 aromatic rings. The number of nitrogens with one attached hydrogen (secondary N) is 1. The molecule has 0 aromatic heterocycles. The average Bonchev–Trinajstić information content (AvgIpc) is 2.28. The predicted molar refractivity (Wildman–Crippen MR) is 65.3 cm³/mol. The van der Waals surface area contributed by atoms with Gasteiger partial charge in [-0.3, -0.25) is 4.79 Å². The Balaban J connectivity index is 3.77. The van der Waals surface area contributed by atoms with Gasteiger partial charge in [-0.15, -0.1) is 0 Å². The maximum Gasteiger partial charge on any atom is 0.389 e. The van der Waals surface area contributed by atoms with Gasteiger partial charge >= 0.3 is 6.18 Å². The highest BCUT2D eigenvalue weighted by Gasteiger charge is 2.25. The summed E-state index contributed by atoms with van der Waals surface area (Å²) in [4.78, 5) is 13.5. The first-order valence-electron chi connectivity index (χ1n) is 6.40. The molecule has 0 aliphatic carbocycles. The van der Waals surface area contributed by atoms with E-state index in [0.717, 1.165) is 0 Å². The lowest BCUT2D eigenvalue weighted by Crippen LogP contribution is -2.45. The molecule has 3 nitrogen and oxygen atoms in total. The number of rotatable bonds is 8. The second-order valence-electron chi connectivity index (χ2n) is 4.26. The van der Waals surface area contributed by atoms with Gasteiger partial charge in [0.15, 0.2) is 0 Å². The molecule has 0 aromatic carbocycles. The molecule has 0 saturated carbocycles. The number of hydrogen-bond acceptors (Lipinski definition) is 2. The summed E-state index contributed by atoms with van der Waals surface area (Å²) in [7, 11) is 0. The van der Waals surface area contributed by atoms with Crippen LogP contribution in [0, 0.1) is 0 Å². The van der Waals surface area contributed by atoms with E-state index in [2.05, 4.69) is 5.32 Å². The third kappa shape index (κ3) is 7.53. The van der Waals surface area contributed by atoms with E-state index in [0.29, 0.717) is 26.1 Å². The molecular formula is C12H23F3N2O. The largest absolute Gasteiger partial charge is 0.389 e. The number of halogens is 3. The van der Waals surface area contributed by atoms with Crippen LogP contribution in [0.1, 0.15) is 40.0 Å². The van der Waals surface area contributed by atoms with E-state index < -0.39 is 12.6 Å². The third-order valence-corrected chi connectivity index (χ3v) is 2.78. The number of alkyl halides is 3. The zero-order valence-electron chi connectivity index (χ0n) is 11.3. The molecule has 0 aliphatic rings. The van der Waals surface area contributed by atoms with Gasteiger partial charge in [-0.2, -0.15) is 13.2 Å². The fourth-order valence-electron chi connectivity index (χ4n) is 1.67. The molecule has 1 amide bonds.